The number of rotatable bonds is 5. The molecule has 0 spiro atoms. The first-order valence-electron chi connectivity index (χ1n) is 5.21. The first kappa shape index (κ1) is 10.5. The van der Waals surface area contributed by atoms with Crippen LogP contribution in [0.15, 0.2) is 25.3 Å². The monoisotopic (exact) mass is 180 g/mol. The zero-order chi connectivity index (χ0) is 9.68. The van der Waals surface area contributed by atoms with Crippen LogP contribution in [0.3, 0.4) is 0 Å². The SMILES string of the molecule is C=CCCC[C@H]1[C@H](O)CC[C@@H]1C=C. The Kier molecular flexibility index (Phi) is 4.23. The van der Waals surface area contributed by atoms with Crippen molar-refractivity contribution in [2.45, 2.75) is 38.2 Å². The highest BCUT2D eigenvalue weighted by Gasteiger charge is 2.31. The average Bonchev–Trinajstić information content (AvgIpc) is 2.48. The molecule has 1 rings (SSSR count). The minimum Gasteiger partial charge on any atom is -0.393 e. The number of allylic oxidation sites excluding steroid dienone is 2. The van der Waals surface area contributed by atoms with Crippen LogP contribution in [0.25, 0.3) is 0 Å². The third-order valence-corrected chi connectivity index (χ3v) is 3.09. The summed E-state index contributed by atoms with van der Waals surface area (Å²) in [4.78, 5) is 0. The predicted octanol–water partition coefficient (Wildman–Crippen LogP) is 2.92. The van der Waals surface area contributed by atoms with Crippen LogP contribution in [0.1, 0.15) is 32.1 Å². The Morgan fingerprint density at radius 1 is 1.31 bits per heavy atom. The second-order valence-corrected chi connectivity index (χ2v) is 3.93. The van der Waals surface area contributed by atoms with E-state index >= 15 is 0 Å². The van der Waals surface area contributed by atoms with E-state index in [2.05, 4.69) is 13.2 Å². The van der Waals surface area contributed by atoms with Crippen molar-refractivity contribution in [2.24, 2.45) is 11.8 Å². The molecule has 1 heteroatoms. The molecule has 0 aromatic rings. The molecule has 0 heterocycles. The molecule has 0 amide bonds. The Morgan fingerprint density at radius 2 is 2.08 bits per heavy atom. The van der Waals surface area contributed by atoms with Crippen molar-refractivity contribution in [3.05, 3.63) is 25.3 Å². The summed E-state index contributed by atoms with van der Waals surface area (Å²) < 4.78 is 0. The smallest absolute Gasteiger partial charge is 0.0574 e. The summed E-state index contributed by atoms with van der Waals surface area (Å²) in [6.45, 7) is 7.52. The van der Waals surface area contributed by atoms with Gasteiger partial charge in [-0.1, -0.05) is 12.2 Å². The van der Waals surface area contributed by atoms with Crippen LogP contribution in [0, 0.1) is 11.8 Å². The van der Waals surface area contributed by atoms with Gasteiger partial charge in [0.2, 0.25) is 0 Å². The number of aliphatic hydroxyl groups excluding tert-OH is 1. The van der Waals surface area contributed by atoms with Gasteiger partial charge in [0.05, 0.1) is 6.10 Å². The van der Waals surface area contributed by atoms with Crippen molar-refractivity contribution in [3.63, 3.8) is 0 Å². The lowest BCUT2D eigenvalue weighted by Gasteiger charge is -2.18. The largest absolute Gasteiger partial charge is 0.393 e. The lowest BCUT2D eigenvalue weighted by molar-refractivity contribution is 0.118. The van der Waals surface area contributed by atoms with E-state index in [0.29, 0.717) is 11.8 Å². The molecule has 1 saturated carbocycles. The summed E-state index contributed by atoms with van der Waals surface area (Å²) >= 11 is 0. The maximum absolute atomic E-state index is 9.72. The molecule has 0 radical (unpaired) electrons. The highest BCUT2D eigenvalue weighted by atomic mass is 16.3. The molecule has 1 aliphatic carbocycles. The molecule has 1 fully saturated rings. The molecule has 0 saturated heterocycles. The van der Waals surface area contributed by atoms with Crippen LogP contribution < -0.4 is 0 Å². The maximum atomic E-state index is 9.72. The van der Waals surface area contributed by atoms with Crippen molar-refractivity contribution in [3.8, 4) is 0 Å². The second kappa shape index (κ2) is 5.23. The van der Waals surface area contributed by atoms with Crippen molar-refractivity contribution in [1.82, 2.24) is 0 Å². The van der Waals surface area contributed by atoms with Gasteiger partial charge in [-0.05, 0) is 43.9 Å². The molecule has 0 bridgehead atoms. The van der Waals surface area contributed by atoms with Crippen molar-refractivity contribution < 1.29 is 5.11 Å². The molecule has 0 aliphatic heterocycles. The molecule has 0 aromatic heterocycles. The van der Waals surface area contributed by atoms with Gasteiger partial charge in [0.25, 0.3) is 0 Å². The molecule has 0 aromatic carbocycles. The maximum Gasteiger partial charge on any atom is 0.0574 e. The molecule has 1 N–H and O–H groups in total. The van der Waals surface area contributed by atoms with E-state index < -0.39 is 0 Å². The average molecular weight is 180 g/mol. The van der Waals surface area contributed by atoms with Crippen molar-refractivity contribution in [2.75, 3.05) is 0 Å². The lowest BCUT2D eigenvalue weighted by atomic mass is 9.90. The lowest BCUT2D eigenvalue weighted by Crippen LogP contribution is -2.17. The Morgan fingerprint density at radius 3 is 2.69 bits per heavy atom. The summed E-state index contributed by atoms with van der Waals surface area (Å²) in [6, 6.07) is 0. The van der Waals surface area contributed by atoms with Crippen LogP contribution in [-0.4, -0.2) is 11.2 Å². The van der Waals surface area contributed by atoms with Crippen molar-refractivity contribution >= 4 is 0 Å². The summed E-state index contributed by atoms with van der Waals surface area (Å²) in [5.74, 6) is 0.997. The topological polar surface area (TPSA) is 20.2 Å². The highest BCUT2D eigenvalue weighted by molar-refractivity contribution is 4.93. The third-order valence-electron chi connectivity index (χ3n) is 3.09. The van der Waals surface area contributed by atoms with E-state index in [1.165, 1.54) is 0 Å². The normalized spacial score (nSPS) is 33.2. The summed E-state index contributed by atoms with van der Waals surface area (Å²) in [7, 11) is 0. The van der Waals surface area contributed by atoms with E-state index in [1.807, 2.05) is 12.2 Å². The molecule has 3 atom stereocenters. The van der Waals surface area contributed by atoms with Crippen molar-refractivity contribution in [1.29, 1.82) is 0 Å². The number of hydrogen-bond acceptors (Lipinski definition) is 1. The highest BCUT2D eigenvalue weighted by Crippen LogP contribution is 2.36. The van der Waals surface area contributed by atoms with Crippen LogP contribution in [0.4, 0.5) is 0 Å². The summed E-state index contributed by atoms with van der Waals surface area (Å²) in [5, 5.41) is 9.72. The number of aliphatic hydroxyl groups is 1. The second-order valence-electron chi connectivity index (χ2n) is 3.93. The van der Waals surface area contributed by atoms with E-state index in [-0.39, 0.29) is 6.10 Å². The minimum absolute atomic E-state index is 0.0900. The van der Waals surface area contributed by atoms with Gasteiger partial charge < -0.3 is 5.11 Å². The molecule has 13 heavy (non-hydrogen) atoms. The Labute approximate surface area is 81.2 Å². The Hall–Kier alpha value is -0.560. The molecule has 0 unspecified atom stereocenters. The first-order valence-corrected chi connectivity index (χ1v) is 5.21. The quantitative estimate of drug-likeness (QED) is 0.509. The first-order chi connectivity index (χ1) is 6.29. The van der Waals surface area contributed by atoms with E-state index in [0.717, 1.165) is 32.1 Å². The Bertz CT molecular complexity index is 174. The third kappa shape index (κ3) is 2.70. The molecule has 1 nitrogen and oxygen atoms in total. The molecule has 1 aliphatic rings. The van der Waals surface area contributed by atoms with Crippen LogP contribution in [-0.2, 0) is 0 Å². The van der Waals surface area contributed by atoms with Gasteiger partial charge in [0, 0.05) is 0 Å². The zero-order valence-electron chi connectivity index (χ0n) is 8.28. The summed E-state index contributed by atoms with van der Waals surface area (Å²) in [6.07, 6.45) is 9.26. The Balaban J connectivity index is 2.35. The minimum atomic E-state index is -0.0900. The van der Waals surface area contributed by atoms with E-state index in [9.17, 15) is 5.11 Å². The number of unbranched alkanes of at least 4 members (excludes halogenated alkanes) is 1. The predicted molar refractivity (Wildman–Crippen MR) is 56.5 cm³/mol. The number of hydrogen-bond donors (Lipinski definition) is 1. The van der Waals surface area contributed by atoms with E-state index in [4.69, 9.17) is 0 Å². The zero-order valence-corrected chi connectivity index (χ0v) is 8.28. The van der Waals surface area contributed by atoms with E-state index in [1.54, 1.807) is 0 Å². The fourth-order valence-corrected chi connectivity index (χ4v) is 2.27. The van der Waals surface area contributed by atoms with Gasteiger partial charge in [0.15, 0.2) is 0 Å². The van der Waals surface area contributed by atoms with Crippen LogP contribution in [0.2, 0.25) is 0 Å². The molecular weight excluding hydrogens is 160 g/mol. The summed E-state index contributed by atoms with van der Waals surface area (Å²) in [5.41, 5.74) is 0. The van der Waals surface area contributed by atoms with Gasteiger partial charge in [-0.3, -0.25) is 0 Å². The molecular formula is C12H20O. The molecule has 74 valence electrons. The fourth-order valence-electron chi connectivity index (χ4n) is 2.27. The van der Waals surface area contributed by atoms with Gasteiger partial charge in [-0.15, -0.1) is 13.2 Å². The van der Waals surface area contributed by atoms with Gasteiger partial charge >= 0.3 is 0 Å². The van der Waals surface area contributed by atoms with Crippen LogP contribution >= 0.6 is 0 Å². The van der Waals surface area contributed by atoms with Gasteiger partial charge in [0.1, 0.15) is 0 Å². The van der Waals surface area contributed by atoms with Gasteiger partial charge in [-0.25, -0.2) is 0 Å². The van der Waals surface area contributed by atoms with Gasteiger partial charge in [-0.2, -0.15) is 0 Å². The standard InChI is InChI=1S/C12H20O/c1-3-5-6-7-11-10(4-2)8-9-12(11)13/h3-4,10-13H,1-2,5-9H2/t10-,11+,12+/m0/s1. The fraction of sp³-hybridized carbons (Fsp3) is 0.667. The van der Waals surface area contributed by atoms with Crippen LogP contribution in [0.5, 0.6) is 0 Å².